The van der Waals surface area contributed by atoms with Crippen molar-refractivity contribution >= 4 is 34.9 Å². The van der Waals surface area contributed by atoms with E-state index in [1.54, 1.807) is 12.1 Å². The van der Waals surface area contributed by atoms with Crippen molar-refractivity contribution in [2.24, 2.45) is 0 Å². The number of benzene rings is 1. The van der Waals surface area contributed by atoms with E-state index in [1.165, 1.54) is 12.1 Å². The average molecular weight is 207 g/mol. The molecule has 0 bridgehead atoms. The molecule has 1 aromatic rings. The zero-order valence-corrected chi connectivity index (χ0v) is 10.3. The van der Waals surface area contributed by atoms with E-state index in [0.717, 1.165) is 0 Å². The van der Waals surface area contributed by atoms with Crippen LogP contribution in [0.25, 0.3) is 0 Å². The number of anilines is 1. The molecule has 1 rings (SSSR count). The van der Waals surface area contributed by atoms with Crippen LogP contribution in [0.2, 0.25) is 0 Å². The predicted molar refractivity (Wildman–Crippen MR) is 51.1 cm³/mol. The van der Waals surface area contributed by atoms with Gasteiger partial charge in [0.1, 0.15) is 4.32 Å². The molecule has 1 aromatic carbocycles. The Morgan fingerprint density at radius 1 is 1.50 bits per heavy atom. The Balaban J connectivity index is 0.00000121. The Morgan fingerprint density at radius 2 is 2.17 bits per heavy atom. The van der Waals surface area contributed by atoms with Crippen LogP contribution in [-0.4, -0.2) is 4.32 Å². The summed E-state index contributed by atoms with van der Waals surface area (Å²) in [6, 6.07) is 6.36. The average Bonchev–Trinajstić information content (AvgIpc) is 1.85. The molecular formula is C7H6NNaOS2. The summed E-state index contributed by atoms with van der Waals surface area (Å²) in [7, 11) is 0. The second-order valence-corrected chi connectivity index (χ2v) is 3.12. The number of thiocarbonyl (C=S) groups is 1. The van der Waals surface area contributed by atoms with Crippen LogP contribution in [0.5, 0.6) is 5.75 Å². The van der Waals surface area contributed by atoms with E-state index in [-0.39, 0.29) is 35.3 Å². The molecule has 0 fully saturated rings. The summed E-state index contributed by atoms with van der Waals surface area (Å²) >= 11 is 8.53. The zero-order valence-electron chi connectivity index (χ0n) is 6.57. The summed E-state index contributed by atoms with van der Waals surface area (Å²) in [6.45, 7) is 0. The standard InChI is InChI=1S/C7H7NOS2.Na/c9-6-3-1-2-5(4-6)8-7(10)11;/h1-4,9H,(H2,8,10,11);/q;+1/p-1. The van der Waals surface area contributed by atoms with Gasteiger partial charge in [0, 0.05) is 5.69 Å². The van der Waals surface area contributed by atoms with Gasteiger partial charge in [-0.3, -0.25) is 0 Å². The third kappa shape index (κ3) is 4.33. The Labute approximate surface area is 104 Å². The topological polar surface area (TPSA) is 35.1 Å². The fourth-order valence-electron chi connectivity index (χ4n) is 0.697. The third-order valence-electron chi connectivity index (χ3n) is 1.09. The Bertz CT molecular complexity index is 280. The van der Waals surface area contributed by atoms with Crippen LogP contribution in [0, 0.1) is 0 Å². The molecule has 58 valence electrons. The van der Waals surface area contributed by atoms with Gasteiger partial charge in [-0.25, -0.2) is 0 Å². The first kappa shape index (κ1) is 12.3. The van der Waals surface area contributed by atoms with Crippen molar-refractivity contribution in [3.63, 3.8) is 0 Å². The van der Waals surface area contributed by atoms with Gasteiger partial charge in [-0.15, -0.1) is 18.4 Å². The first-order chi connectivity index (χ1) is 5.18. The van der Waals surface area contributed by atoms with Gasteiger partial charge in [-0.2, -0.15) is 0 Å². The van der Waals surface area contributed by atoms with Crippen LogP contribution in [0.3, 0.4) is 0 Å². The van der Waals surface area contributed by atoms with E-state index in [4.69, 9.17) is 0 Å². The Morgan fingerprint density at radius 3 is 2.67 bits per heavy atom. The summed E-state index contributed by atoms with van der Waals surface area (Å²) in [5.74, 6) is -0.0421. The number of thiol groups is 1. The summed E-state index contributed by atoms with van der Waals surface area (Å²) < 4.78 is 0.357. The third-order valence-corrected chi connectivity index (χ3v) is 1.30. The van der Waals surface area contributed by atoms with E-state index in [1.807, 2.05) is 0 Å². The molecule has 0 atom stereocenters. The minimum Gasteiger partial charge on any atom is -0.872 e. The van der Waals surface area contributed by atoms with E-state index in [0.29, 0.717) is 10.0 Å². The molecule has 0 aliphatic carbocycles. The second-order valence-electron chi connectivity index (χ2n) is 1.96. The molecule has 0 aromatic heterocycles. The minimum absolute atomic E-state index is 0. The number of nitrogens with one attached hydrogen (secondary N) is 1. The molecule has 0 unspecified atom stereocenters. The predicted octanol–water partition coefficient (Wildman–Crippen LogP) is -1.61. The number of rotatable bonds is 1. The van der Waals surface area contributed by atoms with Crippen molar-refractivity contribution < 1.29 is 34.7 Å². The molecule has 0 heterocycles. The van der Waals surface area contributed by atoms with Gasteiger partial charge in [0.2, 0.25) is 0 Å². The molecule has 0 saturated carbocycles. The smallest absolute Gasteiger partial charge is 0.872 e. The van der Waals surface area contributed by atoms with Crippen LogP contribution < -0.4 is 40.0 Å². The summed E-state index contributed by atoms with van der Waals surface area (Å²) in [5, 5.41) is 13.5. The van der Waals surface area contributed by atoms with E-state index in [9.17, 15) is 5.11 Å². The van der Waals surface area contributed by atoms with E-state index < -0.39 is 0 Å². The molecular weight excluding hydrogens is 201 g/mol. The molecule has 0 amide bonds. The van der Waals surface area contributed by atoms with E-state index >= 15 is 0 Å². The maximum absolute atomic E-state index is 10.8. The Hall–Kier alpha value is 0.260. The van der Waals surface area contributed by atoms with Crippen molar-refractivity contribution in [3.8, 4) is 5.75 Å². The quantitative estimate of drug-likeness (QED) is 0.330. The van der Waals surface area contributed by atoms with Gasteiger partial charge >= 0.3 is 29.6 Å². The molecule has 0 aliphatic rings. The van der Waals surface area contributed by atoms with Crippen molar-refractivity contribution in [1.82, 2.24) is 0 Å². The van der Waals surface area contributed by atoms with Gasteiger partial charge in [-0.1, -0.05) is 24.4 Å². The van der Waals surface area contributed by atoms with Crippen molar-refractivity contribution in [2.45, 2.75) is 0 Å². The fraction of sp³-hybridized carbons (Fsp3) is 0. The van der Waals surface area contributed by atoms with Crippen LogP contribution in [0.4, 0.5) is 5.69 Å². The van der Waals surface area contributed by atoms with Crippen molar-refractivity contribution in [3.05, 3.63) is 24.3 Å². The monoisotopic (exact) mass is 207 g/mol. The molecule has 1 N–H and O–H groups in total. The number of hydrogen-bond donors (Lipinski definition) is 2. The van der Waals surface area contributed by atoms with Gasteiger partial charge in [0.15, 0.2) is 0 Å². The number of hydrogen-bond acceptors (Lipinski definition) is 2. The molecule has 0 aliphatic heterocycles. The zero-order chi connectivity index (χ0) is 8.27. The summed E-state index contributed by atoms with van der Waals surface area (Å²) in [6.07, 6.45) is 0. The molecule has 5 heteroatoms. The van der Waals surface area contributed by atoms with Gasteiger partial charge < -0.3 is 10.4 Å². The maximum atomic E-state index is 10.8. The van der Waals surface area contributed by atoms with Crippen molar-refractivity contribution in [1.29, 1.82) is 0 Å². The van der Waals surface area contributed by atoms with Crippen molar-refractivity contribution in [2.75, 3.05) is 5.32 Å². The van der Waals surface area contributed by atoms with Gasteiger partial charge in [0.05, 0.1) is 0 Å². The minimum atomic E-state index is -0.0421. The van der Waals surface area contributed by atoms with Crippen LogP contribution >= 0.6 is 24.8 Å². The maximum Gasteiger partial charge on any atom is 1.00 e. The first-order valence-corrected chi connectivity index (χ1v) is 3.81. The molecule has 0 saturated heterocycles. The second kappa shape index (κ2) is 5.83. The normalized spacial score (nSPS) is 8.42. The SMILES string of the molecule is [Na+].[O-]c1cccc(NC(=S)S)c1. The van der Waals surface area contributed by atoms with E-state index in [2.05, 4.69) is 30.2 Å². The summed E-state index contributed by atoms with van der Waals surface area (Å²) in [4.78, 5) is 0. The van der Waals surface area contributed by atoms with Crippen LogP contribution in [0.1, 0.15) is 0 Å². The van der Waals surface area contributed by atoms with Crippen LogP contribution in [-0.2, 0) is 0 Å². The van der Waals surface area contributed by atoms with Gasteiger partial charge in [-0.05, 0) is 12.1 Å². The first-order valence-electron chi connectivity index (χ1n) is 2.95. The van der Waals surface area contributed by atoms with Crippen LogP contribution in [0.15, 0.2) is 24.3 Å². The molecule has 0 radical (unpaired) electrons. The largest absolute Gasteiger partial charge is 1.00 e. The summed E-state index contributed by atoms with van der Waals surface area (Å²) in [5.41, 5.74) is 0.678. The molecule has 2 nitrogen and oxygen atoms in total. The molecule has 12 heavy (non-hydrogen) atoms. The van der Waals surface area contributed by atoms with Gasteiger partial charge in [0.25, 0.3) is 0 Å². The fourth-order valence-corrected chi connectivity index (χ4v) is 0.944. The molecule has 0 spiro atoms. The Kier molecular flexibility index (Phi) is 5.96.